The van der Waals surface area contributed by atoms with E-state index in [-0.39, 0.29) is 27.4 Å². The van der Waals surface area contributed by atoms with Crippen LogP contribution in [0.15, 0.2) is 17.0 Å². The Morgan fingerprint density at radius 3 is 2.45 bits per heavy atom. The summed E-state index contributed by atoms with van der Waals surface area (Å²) in [5.41, 5.74) is 0.853. The first-order valence-corrected chi connectivity index (χ1v) is 8.24. The number of amides is 1. The van der Waals surface area contributed by atoms with Crippen molar-refractivity contribution in [2.24, 2.45) is 5.14 Å². The van der Waals surface area contributed by atoms with Crippen LogP contribution in [0.25, 0.3) is 0 Å². The van der Waals surface area contributed by atoms with Gasteiger partial charge in [0.25, 0.3) is 5.91 Å². The van der Waals surface area contributed by atoms with E-state index in [1.165, 1.54) is 12.1 Å². The lowest BCUT2D eigenvalue weighted by Crippen LogP contribution is -2.41. The van der Waals surface area contributed by atoms with Crippen LogP contribution in [0.2, 0.25) is 5.02 Å². The molecule has 110 valence electrons. The highest BCUT2D eigenvalue weighted by atomic mass is 35.5. The Hall–Kier alpha value is -1.11. The second-order valence-corrected chi connectivity index (χ2v) is 7.09. The van der Waals surface area contributed by atoms with Gasteiger partial charge in [-0.1, -0.05) is 11.6 Å². The summed E-state index contributed by atoms with van der Waals surface area (Å²) in [6.45, 7) is 1.69. The van der Waals surface area contributed by atoms with Gasteiger partial charge in [-0.15, -0.1) is 0 Å². The molecule has 0 bridgehead atoms. The summed E-state index contributed by atoms with van der Waals surface area (Å²) in [7, 11) is -2.17. The van der Waals surface area contributed by atoms with E-state index in [2.05, 4.69) is 0 Å². The lowest BCUT2D eigenvalue weighted by Gasteiger charge is -2.35. The van der Waals surface area contributed by atoms with E-state index in [0.29, 0.717) is 5.56 Å². The molecule has 1 aromatic rings. The molecule has 0 unspecified atom stereocenters. The first kappa shape index (κ1) is 15.3. The third kappa shape index (κ3) is 2.82. The summed E-state index contributed by atoms with van der Waals surface area (Å²) in [5, 5.41) is 5.33. The Kier molecular flexibility index (Phi) is 4.09. The van der Waals surface area contributed by atoms with Crippen molar-refractivity contribution in [3.63, 3.8) is 0 Å². The van der Waals surface area contributed by atoms with E-state index in [4.69, 9.17) is 16.7 Å². The molecule has 0 radical (unpaired) electrons. The fraction of sp³-hybridized carbons (Fsp3) is 0.462. The average Bonchev–Trinajstić information content (AvgIpc) is 2.27. The minimum absolute atomic E-state index is 0.140. The van der Waals surface area contributed by atoms with Gasteiger partial charge in [-0.2, -0.15) is 0 Å². The molecule has 7 heteroatoms. The predicted molar refractivity (Wildman–Crippen MR) is 77.3 cm³/mol. The van der Waals surface area contributed by atoms with Crippen LogP contribution in [-0.2, 0) is 10.0 Å². The number of sulfonamides is 1. The first-order chi connectivity index (χ1) is 9.21. The minimum Gasteiger partial charge on any atom is -0.339 e. The number of hydrogen-bond acceptors (Lipinski definition) is 3. The minimum atomic E-state index is -3.89. The maximum absolute atomic E-state index is 12.5. The Morgan fingerprint density at radius 1 is 1.40 bits per heavy atom. The Labute approximate surface area is 123 Å². The zero-order valence-corrected chi connectivity index (χ0v) is 13.0. The number of halogens is 1. The third-order valence-electron chi connectivity index (χ3n) is 3.82. The van der Waals surface area contributed by atoms with E-state index in [1.807, 2.05) is 0 Å². The number of carbonyl (C=O) groups excluding carboxylic acids is 1. The monoisotopic (exact) mass is 316 g/mol. The van der Waals surface area contributed by atoms with Crippen molar-refractivity contribution >= 4 is 27.5 Å². The van der Waals surface area contributed by atoms with E-state index < -0.39 is 10.0 Å². The summed E-state index contributed by atoms with van der Waals surface area (Å²) in [5.74, 6) is -0.223. The molecule has 20 heavy (non-hydrogen) atoms. The smallest absolute Gasteiger partial charge is 0.254 e. The van der Waals surface area contributed by atoms with Crippen molar-refractivity contribution in [1.29, 1.82) is 0 Å². The van der Waals surface area contributed by atoms with Crippen LogP contribution in [0.5, 0.6) is 0 Å². The fourth-order valence-electron chi connectivity index (χ4n) is 2.17. The van der Waals surface area contributed by atoms with Gasteiger partial charge in [0.1, 0.15) is 0 Å². The number of rotatable bonds is 3. The predicted octanol–water partition coefficient (Wildman–Crippen LogP) is 1.92. The quantitative estimate of drug-likeness (QED) is 0.925. The molecule has 1 saturated carbocycles. The second-order valence-electron chi connectivity index (χ2n) is 5.12. The zero-order chi connectivity index (χ0) is 15.1. The number of primary sulfonamides is 1. The molecule has 0 aromatic heterocycles. The van der Waals surface area contributed by atoms with E-state index in [0.717, 1.165) is 19.3 Å². The topological polar surface area (TPSA) is 80.5 Å². The van der Waals surface area contributed by atoms with Crippen LogP contribution in [0.4, 0.5) is 0 Å². The molecule has 1 aromatic carbocycles. The van der Waals surface area contributed by atoms with Crippen molar-refractivity contribution in [3.8, 4) is 0 Å². The Balaban J connectivity index is 2.44. The average molecular weight is 317 g/mol. The molecule has 2 rings (SSSR count). The number of nitrogens with two attached hydrogens (primary N) is 1. The van der Waals surface area contributed by atoms with Gasteiger partial charge in [0.2, 0.25) is 10.0 Å². The first-order valence-electron chi connectivity index (χ1n) is 6.32. The molecule has 1 fully saturated rings. The lowest BCUT2D eigenvalue weighted by atomic mass is 9.91. The molecule has 0 aliphatic heterocycles. The van der Waals surface area contributed by atoms with Gasteiger partial charge in [0, 0.05) is 23.7 Å². The molecule has 0 saturated heterocycles. The molecule has 1 aliphatic carbocycles. The molecule has 2 N–H and O–H groups in total. The molecule has 5 nitrogen and oxygen atoms in total. The van der Waals surface area contributed by atoms with Crippen LogP contribution in [0.3, 0.4) is 0 Å². The molecule has 1 aliphatic rings. The molecular formula is C13H17ClN2O3S. The second kappa shape index (κ2) is 5.35. The third-order valence-corrected chi connectivity index (χ3v) is 5.10. The van der Waals surface area contributed by atoms with Gasteiger partial charge in [-0.25, -0.2) is 13.6 Å². The highest BCUT2D eigenvalue weighted by Crippen LogP contribution is 2.28. The Bertz CT molecular complexity index is 654. The number of carbonyl (C=O) groups is 1. The van der Waals surface area contributed by atoms with Gasteiger partial charge >= 0.3 is 0 Å². The van der Waals surface area contributed by atoms with Crippen LogP contribution in [0.1, 0.15) is 35.2 Å². The lowest BCUT2D eigenvalue weighted by molar-refractivity contribution is 0.0651. The molecular weight excluding hydrogens is 300 g/mol. The molecule has 0 heterocycles. The van der Waals surface area contributed by atoms with E-state index in [9.17, 15) is 13.2 Å². The SMILES string of the molecule is Cc1c(Cl)cc(S(N)(=O)=O)cc1C(=O)N(C)C1CCC1. The maximum atomic E-state index is 12.5. The highest BCUT2D eigenvalue weighted by molar-refractivity contribution is 7.89. The standard InChI is InChI=1S/C13H17ClN2O3S/c1-8-11(13(17)16(2)9-4-3-5-9)6-10(7-12(8)14)20(15,18)19/h6-7,9H,3-5H2,1-2H3,(H2,15,18,19). The Morgan fingerprint density at radius 2 is 2.00 bits per heavy atom. The van der Waals surface area contributed by atoms with E-state index >= 15 is 0 Å². The van der Waals surface area contributed by atoms with Gasteiger partial charge in [-0.3, -0.25) is 4.79 Å². The van der Waals surface area contributed by atoms with Gasteiger partial charge < -0.3 is 4.90 Å². The summed E-state index contributed by atoms with van der Waals surface area (Å²) >= 11 is 6.01. The van der Waals surface area contributed by atoms with Crippen LogP contribution < -0.4 is 5.14 Å². The summed E-state index contributed by atoms with van der Waals surface area (Å²) in [6, 6.07) is 2.79. The number of hydrogen-bond donors (Lipinski definition) is 1. The van der Waals surface area contributed by atoms with Gasteiger partial charge in [-0.05, 0) is 43.9 Å². The zero-order valence-electron chi connectivity index (χ0n) is 11.4. The van der Waals surface area contributed by atoms with Crippen molar-refractivity contribution < 1.29 is 13.2 Å². The van der Waals surface area contributed by atoms with Crippen molar-refractivity contribution in [2.45, 2.75) is 37.1 Å². The van der Waals surface area contributed by atoms with Crippen LogP contribution in [-0.4, -0.2) is 32.3 Å². The maximum Gasteiger partial charge on any atom is 0.254 e. The van der Waals surface area contributed by atoms with Crippen LogP contribution >= 0.6 is 11.6 Å². The molecule has 0 atom stereocenters. The fourth-order valence-corrected chi connectivity index (χ4v) is 3.02. The summed E-state index contributed by atoms with van der Waals surface area (Å²) in [6.07, 6.45) is 3.06. The largest absolute Gasteiger partial charge is 0.339 e. The van der Waals surface area contributed by atoms with Crippen molar-refractivity contribution in [2.75, 3.05) is 7.05 Å². The molecule has 0 spiro atoms. The summed E-state index contributed by atoms with van der Waals surface area (Å²) in [4.78, 5) is 14.0. The summed E-state index contributed by atoms with van der Waals surface area (Å²) < 4.78 is 22.9. The van der Waals surface area contributed by atoms with Gasteiger partial charge in [0.15, 0.2) is 0 Å². The van der Waals surface area contributed by atoms with E-state index in [1.54, 1.807) is 18.9 Å². The normalized spacial score (nSPS) is 15.8. The molecule has 1 amide bonds. The van der Waals surface area contributed by atoms with Crippen molar-refractivity contribution in [3.05, 3.63) is 28.3 Å². The number of nitrogens with zero attached hydrogens (tertiary/aromatic N) is 1. The number of benzene rings is 1. The van der Waals surface area contributed by atoms with Crippen molar-refractivity contribution in [1.82, 2.24) is 4.90 Å². The van der Waals surface area contributed by atoms with Crippen LogP contribution in [0, 0.1) is 6.92 Å². The highest BCUT2D eigenvalue weighted by Gasteiger charge is 2.28. The van der Waals surface area contributed by atoms with Gasteiger partial charge in [0.05, 0.1) is 4.90 Å².